The van der Waals surface area contributed by atoms with E-state index in [4.69, 9.17) is 4.74 Å². The van der Waals surface area contributed by atoms with Crippen molar-refractivity contribution in [3.05, 3.63) is 28.6 Å². The molecule has 82 valence electrons. The molecule has 0 saturated heterocycles. The van der Waals surface area contributed by atoms with Gasteiger partial charge in [0.1, 0.15) is 12.4 Å². The Labute approximate surface area is 98.1 Å². The molecule has 1 aromatic carbocycles. The van der Waals surface area contributed by atoms with Gasteiger partial charge in [0.15, 0.2) is 0 Å². The molecule has 3 nitrogen and oxygen atoms in total. The summed E-state index contributed by atoms with van der Waals surface area (Å²) in [5.41, 5.74) is 3.22. The second-order valence-electron chi connectivity index (χ2n) is 3.74. The van der Waals surface area contributed by atoms with Crippen LogP contribution in [0, 0.1) is 6.92 Å². The average molecular weight is 232 g/mol. The molecule has 0 amide bonds. The van der Waals surface area contributed by atoms with Crippen LogP contribution in [0.2, 0.25) is 0 Å². The maximum absolute atomic E-state index is 5.61. The van der Waals surface area contributed by atoms with E-state index in [1.807, 2.05) is 6.92 Å². The van der Waals surface area contributed by atoms with Crippen molar-refractivity contribution in [3.63, 3.8) is 0 Å². The van der Waals surface area contributed by atoms with E-state index < -0.39 is 0 Å². The topological polar surface area (TPSA) is 34.1 Å². The van der Waals surface area contributed by atoms with Gasteiger partial charge in [0.2, 0.25) is 0 Å². The summed E-state index contributed by atoms with van der Waals surface area (Å²) in [5, 5.41) is 6.47. The first kappa shape index (κ1) is 9.66. The Morgan fingerprint density at radius 2 is 2.38 bits per heavy atom. The molecule has 0 fully saturated rings. The minimum absolute atomic E-state index is 0.729. The van der Waals surface area contributed by atoms with Crippen molar-refractivity contribution < 1.29 is 4.74 Å². The summed E-state index contributed by atoms with van der Waals surface area (Å²) in [6.45, 7) is 3.62. The zero-order valence-corrected chi connectivity index (χ0v) is 9.80. The summed E-state index contributed by atoms with van der Waals surface area (Å²) in [7, 11) is 0. The second-order valence-corrected chi connectivity index (χ2v) is 4.80. The van der Waals surface area contributed by atoms with E-state index in [0.717, 1.165) is 40.9 Å². The third-order valence-corrected chi connectivity index (χ3v) is 3.34. The standard InChI is InChI=1S/C12H12N2OS/c1-8-14-11(7-16-8)9-2-3-10-12(6-9)15-5-4-13-10/h2-3,6-7,13H,4-5H2,1H3. The van der Waals surface area contributed by atoms with Gasteiger partial charge in [0.25, 0.3) is 0 Å². The molecule has 4 heteroatoms. The van der Waals surface area contributed by atoms with Crippen molar-refractivity contribution in [2.45, 2.75) is 6.92 Å². The highest BCUT2D eigenvalue weighted by molar-refractivity contribution is 7.09. The summed E-state index contributed by atoms with van der Waals surface area (Å²) < 4.78 is 5.61. The molecule has 16 heavy (non-hydrogen) atoms. The number of anilines is 1. The van der Waals surface area contributed by atoms with Gasteiger partial charge in [-0.25, -0.2) is 4.98 Å². The summed E-state index contributed by atoms with van der Waals surface area (Å²) in [4.78, 5) is 4.47. The summed E-state index contributed by atoms with van der Waals surface area (Å²) in [5.74, 6) is 0.925. The fourth-order valence-electron chi connectivity index (χ4n) is 1.79. The van der Waals surface area contributed by atoms with Gasteiger partial charge < -0.3 is 10.1 Å². The molecule has 0 unspecified atom stereocenters. The van der Waals surface area contributed by atoms with Crippen LogP contribution in [-0.4, -0.2) is 18.1 Å². The molecule has 1 aliphatic heterocycles. The van der Waals surface area contributed by atoms with Crippen molar-refractivity contribution >= 4 is 17.0 Å². The fourth-order valence-corrected chi connectivity index (χ4v) is 2.41. The van der Waals surface area contributed by atoms with Crippen LogP contribution < -0.4 is 10.1 Å². The number of aryl methyl sites for hydroxylation is 1. The number of aromatic nitrogens is 1. The highest BCUT2D eigenvalue weighted by Gasteiger charge is 2.11. The molecule has 2 heterocycles. The highest BCUT2D eigenvalue weighted by Crippen LogP contribution is 2.32. The lowest BCUT2D eigenvalue weighted by Gasteiger charge is -2.19. The number of thiazole rings is 1. The first-order chi connectivity index (χ1) is 7.83. The Morgan fingerprint density at radius 3 is 3.19 bits per heavy atom. The highest BCUT2D eigenvalue weighted by atomic mass is 32.1. The maximum atomic E-state index is 5.61. The van der Waals surface area contributed by atoms with Gasteiger partial charge in [0.05, 0.1) is 16.4 Å². The number of hydrogen-bond donors (Lipinski definition) is 1. The van der Waals surface area contributed by atoms with Gasteiger partial charge in [-0.2, -0.15) is 0 Å². The lowest BCUT2D eigenvalue weighted by molar-refractivity contribution is 0.323. The largest absolute Gasteiger partial charge is 0.490 e. The zero-order valence-electron chi connectivity index (χ0n) is 8.99. The molecule has 2 aromatic rings. The second kappa shape index (κ2) is 3.79. The van der Waals surface area contributed by atoms with E-state index in [1.165, 1.54) is 0 Å². The number of rotatable bonds is 1. The number of benzene rings is 1. The van der Waals surface area contributed by atoms with Crippen molar-refractivity contribution in [1.82, 2.24) is 4.98 Å². The minimum Gasteiger partial charge on any atom is -0.490 e. The van der Waals surface area contributed by atoms with Gasteiger partial charge >= 0.3 is 0 Å². The van der Waals surface area contributed by atoms with E-state index in [0.29, 0.717) is 0 Å². The quantitative estimate of drug-likeness (QED) is 0.821. The van der Waals surface area contributed by atoms with E-state index in [9.17, 15) is 0 Å². The van der Waals surface area contributed by atoms with Crippen LogP contribution in [-0.2, 0) is 0 Å². The molecule has 0 bridgehead atoms. The first-order valence-electron chi connectivity index (χ1n) is 5.26. The van der Waals surface area contributed by atoms with Gasteiger partial charge in [-0.3, -0.25) is 0 Å². The zero-order chi connectivity index (χ0) is 11.0. The van der Waals surface area contributed by atoms with Crippen LogP contribution in [0.1, 0.15) is 5.01 Å². The third kappa shape index (κ3) is 1.65. The summed E-state index contributed by atoms with van der Waals surface area (Å²) in [6.07, 6.45) is 0. The molecule has 0 radical (unpaired) electrons. The van der Waals surface area contributed by atoms with Crippen LogP contribution in [0.4, 0.5) is 5.69 Å². The Bertz CT molecular complexity index is 521. The number of fused-ring (bicyclic) bond motifs is 1. The molecule has 0 spiro atoms. The molecule has 3 rings (SSSR count). The van der Waals surface area contributed by atoms with Crippen LogP contribution in [0.5, 0.6) is 5.75 Å². The lowest BCUT2D eigenvalue weighted by Crippen LogP contribution is -2.17. The third-order valence-electron chi connectivity index (χ3n) is 2.57. The molecular formula is C12H12N2OS. The Balaban J connectivity index is 2.02. The molecule has 1 N–H and O–H groups in total. The maximum Gasteiger partial charge on any atom is 0.143 e. The SMILES string of the molecule is Cc1nc(-c2ccc3c(c2)OCCN3)cs1. The van der Waals surface area contributed by atoms with Crippen LogP contribution in [0.3, 0.4) is 0 Å². The molecule has 1 aromatic heterocycles. The predicted molar refractivity (Wildman–Crippen MR) is 66.3 cm³/mol. The molecule has 0 aliphatic carbocycles. The number of ether oxygens (including phenoxy) is 1. The minimum atomic E-state index is 0.729. The average Bonchev–Trinajstić information content (AvgIpc) is 2.75. The van der Waals surface area contributed by atoms with Crippen molar-refractivity contribution in [1.29, 1.82) is 0 Å². The van der Waals surface area contributed by atoms with Gasteiger partial charge in [-0.1, -0.05) is 6.07 Å². The first-order valence-corrected chi connectivity index (χ1v) is 6.14. The van der Waals surface area contributed by atoms with Crippen molar-refractivity contribution in [2.75, 3.05) is 18.5 Å². The van der Waals surface area contributed by atoms with Gasteiger partial charge in [0, 0.05) is 17.5 Å². The molecular weight excluding hydrogens is 220 g/mol. The molecule has 0 saturated carbocycles. The Hall–Kier alpha value is -1.55. The Kier molecular flexibility index (Phi) is 2.29. The summed E-state index contributed by atoms with van der Waals surface area (Å²) >= 11 is 1.67. The van der Waals surface area contributed by atoms with E-state index in [2.05, 4.69) is 33.9 Å². The van der Waals surface area contributed by atoms with Crippen LogP contribution in [0.25, 0.3) is 11.3 Å². The van der Waals surface area contributed by atoms with Crippen molar-refractivity contribution in [2.24, 2.45) is 0 Å². The predicted octanol–water partition coefficient (Wildman–Crippen LogP) is 2.92. The van der Waals surface area contributed by atoms with E-state index in [1.54, 1.807) is 11.3 Å². The smallest absolute Gasteiger partial charge is 0.143 e. The normalized spacial score (nSPS) is 13.8. The van der Waals surface area contributed by atoms with E-state index >= 15 is 0 Å². The lowest BCUT2D eigenvalue weighted by atomic mass is 10.1. The fraction of sp³-hybridized carbons (Fsp3) is 0.250. The van der Waals surface area contributed by atoms with Crippen molar-refractivity contribution in [3.8, 4) is 17.0 Å². The van der Waals surface area contributed by atoms with Gasteiger partial charge in [-0.15, -0.1) is 11.3 Å². The van der Waals surface area contributed by atoms with Gasteiger partial charge in [-0.05, 0) is 19.1 Å². The Morgan fingerprint density at radius 1 is 1.44 bits per heavy atom. The van der Waals surface area contributed by atoms with Crippen LogP contribution >= 0.6 is 11.3 Å². The number of nitrogens with one attached hydrogen (secondary N) is 1. The molecule has 1 aliphatic rings. The van der Waals surface area contributed by atoms with Crippen LogP contribution in [0.15, 0.2) is 23.6 Å². The number of hydrogen-bond acceptors (Lipinski definition) is 4. The molecule has 0 atom stereocenters. The monoisotopic (exact) mass is 232 g/mol. The van der Waals surface area contributed by atoms with E-state index in [-0.39, 0.29) is 0 Å². The number of nitrogens with zero attached hydrogens (tertiary/aromatic N) is 1. The summed E-state index contributed by atoms with van der Waals surface area (Å²) in [6, 6.07) is 6.18.